The molecule has 0 unspecified atom stereocenters. The Hall–Kier alpha value is -2.92. The second kappa shape index (κ2) is 7.54. The van der Waals surface area contributed by atoms with Gasteiger partial charge in [0.1, 0.15) is 0 Å². The number of likely N-dealkylation sites (tertiary alicyclic amines) is 1. The van der Waals surface area contributed by atoms with Crippen LogP contribution in [0, 0.1) is 0 Å². The van der Waals surface area contributed by atoms with E-state index in [9.17, 15) is 4.79 Å². The molecule has 1 aliphatic rings. The summed E-state index contributed by atoms with van der Waals surface area (Å²) < 4.78 is 1.78. The van der Waals surface area contributed by atoms with E-state index in [-0.39, 0.29) is 11.9 Å². The highest BCUT2D eigenvalue weighted by Crippen LogP contribution is 2.15. The molecule has 1 saturated heterocycles. The molecule has 1 N–H and O–H groups in total. The number of amides is 1. The number of carbonyl (C=O) groups excluding carboxylic acids is 1. The van der Waals surface area contributed by atoms with Gasteiger partial charge in [-0.15, -0.1) is 0 Å². The summed E-state index contributed by atoms with van der Waals surface area (Å²) in [6.07, 6.45) is 4.61. The normalized spacial score (nSPS) is 17.3. The lowest BCUT2D eigenvalue weighted by Gasteiger charge is -2.17. The largest absolute Gasteiger partial charge is 0.348 e. The zero-order valence-electron chi connectivity index (χ0n) is 14.6. The van der Waals surface area contributed by atoms with Gasteiger partial charge >= 0.3 is 0 Å². The number of hydrogen-bond acceptors (Lipinski definition) is 3. The van der Waals surface area contributed by atoms with Crippen molar-refractivity contribution in [3.8, 4) is 5.69 Å². The van der Waals surface area contributed by atoms with Crippen molar-refractivity contribution < 1.29 is 4.79 Å². The molecule has 2 aromatic carbocycles. The molecule has 0 radical (unpaired) electrons. The first-order valence-electron chi connectivity index (χ1n) is 8.95. The highest BCUT2D eigenvalue weighted by molar-refractivity contribution is 5.94. The minimum absolute atomic E-state index is 0.0106. The monoisotopic (exact) mass is 346 g/mol. The maximum absolute atomic E-state index is 12.5. The second-order valence-electron chi connectivity index (χ2n) is 6.68. The van der Waals surface area contributed by atoms with Crippen LogP contribution in [0.15, 0.2) is 73.1 Å². The van der Waals surface area contributed by atoms with Crippen LogP contribution in [-0.4, -0.2) is 39.7 Å². The highest BCUT2D eigenvalue weighted by atomic mass is 16.1. The van der Waals surface area contributed by atoms with Gasteiger partial charge in [-0.3, -0.25) is 9.69 Å². The van der Waals surface area contributed by atoms with Crippen LogP contribution in [0.3, 0.4) is 0 Å². The summed E-state index contributed by atoms with van der Waals surface area (Å²) in [7, 11) is 0. The van der Waals surface area contributed by atoms with Crippen molar-refractivity contribution in [2.45, 2.75) is 19.0 Å². The van der Waals surface area contributed by atoms with Crippen LogP contribution in [0.2, 0.25) is 0 Å². The Balaban J connectivity index is 1.32. The van der Waals surface area contributed by atoms with Crippen LogP contribution in [0.1, 0.15) is 22.3 Å². The van der Waals surface area contributed by atoms with Gasteiger partial charge in [-0.1, -0.05) is 30.3 Å². The van der Waals surface area contributed by atoms with E-state index < -0.39 is 0 Å². The van der Waals surface area contributed by atoms with Crippen LogP contribution in [-0.2, 0) is 6.54 Å². The number of rotatable bonds is 5. The third-order valence-corrected chi connectivity index (χ3v) is 4.76. The Morgan fingerprint density at radius 1 is 1.08 bits per heavy atom. The molecule has 0 spiro atoms. The van der Waals surface area contributed by atoms with E-state index in [4.69, 9.17) is 0 Å². The Morgan fingerprint density at radius 3 is 2.62 bits per heavy atom. The molecule has 2 heterocycles. The fourth-order valence-electron chi connectivity index (χ4n) is 3.39. The molecule has 5 heteroatoms. The molecule has 1 atom stereocenters. The Bertz CT molecular complexity index is 843. The van der Waals surface area contributed by atoms with Crippen molar-refractivity contribution >= 4 is 5.91 Å². The van der Waals surface area contributed by atoms with E-state index in [1.165, 1.54) is 5.56 Å². The average Bonchev–Trinajstić information content (AvgIpc) is 3.35. The molecule has 1 aromatic heterocycles. The SMILES string of the molecule is O=C(N[C@@H]1CCN(Cc2ccccc2)C1)c1ccc(-n2cccn2)cc1. The van der Waals surface area contributed by atoms with Gasteiger partial charge in [0.2, 0.25) is 0 Å². The smallest absolute Gasteiger partial charge is 0.251 e. The number of benzene rings is 2. The fraction of sp³-hybridized carbons (Fsp3) is 0.238. The Kier molecular flexibility index (Phi) is 4.80. The summed E-state index contributed by atoms with van der Waals surface area (Å²) in [4.78, 5) is 14.9. The summed E-state index contributed by atoms with van der Waals surface area (Å²) in [6, 6.07) is 20.1. The molecule has 1 fully saturated rings. The second-order valence-corrected chi connectivity index (χ2v) is 6.68. The van der Waals surface area contributed by atoms with Gasteiger partial charge in [0.05, 0.1) is 5.69 Å². The first kappa shape index (κ1) is 16.5. The van der Waals surface area contributed by atoms with Crippen molar-refractivity contribution in [3.63, 3.8) is 0 Å². The molecule has 1 aliphatic heterocycles. The first-order valence-corrected chi connectivity index (χ1v) is 8.95. The first-order chi connectivity index (χ1) is 12.8. The number of nitrogens with one attached hydrogen (secondary N) is 1. The number of carbonyl (C=O) groups is 1. The molecule has 0 saturated carbocycles. The fourth-order valence-corrected chi connectivity index (χ4v) is 3.39. The van der Waals surface area contributed by atoms with Crippen molar-refractivity contribution in [2.24, 2.45) is 0 Å². The van der Waals surface area contributed by atoms with Crippen LogP contribution in [0.25, 0.3) is 5.69 Å². The zero-order valence-corrected chi connectivity index (χ0v) is 14.6. The van der Waals surface area contributed by atoms with E-state index in [1.54, 1.807) is 10.9 Å². The lowest BCUT2D eigenvalue weighted by atomic mass is 10.1. The lowest BCUT2D eigenvalue weighted by molar-refractivity contribution is 0.0937. The maximum Gasteiger partial charge on any atom is 0.251 e. The van der Waals surface area contributed by atoms with Gasteiger partial charge in [0.15, 0.2) is 0 Å². The van der Waals surface area contributed by atoms with Crippen molar-refractivity contribution in [2.75, 3.05) is 13.1 Å². The molecular formula is C21H22N4O. The van der Waals surface area contributed by atoms with Crippen molar-refractivity contribution in [1.82, 2.24) is 20.0 Å². The van der Waals surface area contributed by atoms with E-state index in [1.807, 2.05) is 42.6 Å². The van der Waals surface area contributed by atoms with Gasteiger partial charge < -0.3 is 5.32 Å². The summed E-state index contributed by atoms with van der Waals surface area (Å²) in [5.74, 6) is -0.0106. The molecule has 0 bridgehead atoms. The quantitative estimate of drug-likeness (QED) is 0.773. The van der Waals surface area contributed by atoms with Gasteiger partial charge in [0.25, 0.3) is 5.91 Å². The van der Waals surface area contributed by atoms with Crippen LogP contribution in [0.4, 0.5) is 0 Å². The third-order valence-electron chi connectivity index (χ3n) is 4.76. The van der Waals surface area contributed by atoms with Gasteiger partial charge in [0, 0.05) is 43.6 Å². The van der Waals surface area contributed by atoms with E-state index in [0.29, 0.717) is 5.56 Å². The molecule has 1 amide bonds. The molecule has 5 nitrogen and oxygen atoms in total. The number of hydrogen-bond donors (Lipinski definition) is 1. The van der Waals surface area contributed by atoms with Crippen LogP contribution >= 0.6 is 0 Å². The maximum atomic E-state index is 12.5. The number of aromatic nitrogens is 2. The predicted molar refractivity (Wildman–Crippen MR) is 101 cm³/mol. The van der Waals surface area contributed by atoms with Gasteiger partial charge in [-0.2, -0.15) is 5.10 Å². The molecule has 26 heavy (non-hydrogen) atoms. The molecule has 3 aromatic rings. The molecular weight excluding hydrogens is 324 g/mol. The van der Waals surface area contributed by atoms with Crippen molar-refractivity contribution in [1.29, 1.82) is 0 Å². The lowest BCUT2D eigenvalue weighted by Crippen LogP contribution is -2.37. The predicted octanol–water partition coefficient (Wildman–Crippen LogP) is 2.88. The summed E-state index contributed by atoms with van der Waals surface area (Å²) in [5, 5.41) is 7.36. The minimum atomic E-state index is -0.0106. The Labute approximate surface area is 153 Å². The van der Waals surface area contributed by atoms with E-state index in [0.717, 1.165) is 31.7 Å². The third kappa shape index (κ3) is 3.83. The molecule has 0 aliphatic carbocycles. The minimum Gasteiger partial charge on any atom is -0.348 e. The average molecular weight is 346 g/mol. The van der Waals surface area contributed by atoms with Crippen molar-refractivity contribution in [3.05, 3.63) is 84.2 Å². The highest BCUT2D eigenvalue weighted by Gasteiger charge is 2.24. The van der Waals surface area contributed by atoms with Crippen LogP contribution < -0.4 is 5.32 Å². The van der Waals surface area contributed by atoms with E-state index >= 15 is 0 Å². The zero-order chi connectivity index (χ0) is 17.8. The van der Waals surface area contributed by atoms with Gasteiger partial charge in [-0.05, 0) is 42.3 Å². The van der Waals surface area contributed by atoms with Gasteiger partial charge in [-0.25, -0.2) is 4.68 Å². The van der Waals surface area contributed by atoms with E-state index in [2.05, 4.69) is 39.6 Å². The summed E-state index contributed by atoms with van der Waals surface area (Å²) >= 11 is 0. The summed E-state index contributed by atoms with van der Waals surface area (Å²) in [5.41, 5.74) is 2.94. The summed E-state index contributed by atoms with van der Waals surface area (Å²) in [6.45, 7) is 2.84. The number of nitrogens with zero attached hydrogens (tertiary/aromatic N) is 3. The standard InChI is InChI=1S/C21H22N4O/c26-21(18-7-9-20(10-8-18)25-13-4-12-22-25)23-19-11-14-24(16-19)15-17-5-2-1-3-6-17/h1-10,12-13,19H,11,14-16H2,(H,23,26)/t19-/m1/s1. The van der Waals surface area contributed by atoms with Crippen LogP contribution in [0.5, 0.6) is 0 Å². The molecule has 132 valence electrons. The topological polar surface area (TPSA) is 50.2 Å². The molecule has 4 rings (SSSR count). The Morgan fingerprint density at radius 2 is 1.88 bits per heavy atom.